The summed E-state index contributed by atoms with van der Waals surface area (Å²) < 4.78 is 0. The second-order valence-electron chi connectivity index (χ2n) is 7.16. The predicted octanol–water partition coefficient (Wildman–Crippen LogP) is 4.84. The van der Waals surface area contributed by atoms with Gasteiger partial charge in [-0.3, -0.25) is 9.59 Å². The quantitative estimate of drug-likeness (QED) is 0.660. The van der Waals surface area contributed by atoms with Crippen LogP contribution < -0.4 is 0 Å². The van der Waals surface area contributed by atoms with Gasteiger partial charge in [0.2, 0.25) is 0 Å². The van der Waals surface area contributed by atoms with Gasteiger partial charge in [-0.05, 0) is 58.0 Å². The first-order valence-electron chi connectivity index (χ1n) is 9.08. The minimum absolute atomic E-state index is 0.000218. The van der Waals surface area contributed by atoms with E-state index >= 15 is 0 Å². The normalized spacial score (nSPS) is 13.9. The standard InChI is InChI=1S/C23H20O4/c24-21(25)9-11-23(12-10-22(26)27)19-8-4-3-7-17(19)18-13-15-5-1-2-6-16(15)14-20(18)23/h1-8,13-14H,9-12H2,(H,24,25)(H,26,27). The van der Waals surface area contributed by atoms with Crippen molar-refractivity contribution in [1.29, 1.82) is 0 Å². The Morgan fingerprint density at radius 3 is 1.89 bits per heavy atom. The average molecular weight is 360 g/mol. The molecule has 0 bridgehead atoms. The molecule has 3 aromatic rings. The third-order valence-electron chi connectivity index (χ3n) is 5.67. The SMILES string of the molecule is O=C(O)CCC1(CCC(=O)O)c2ccccc2-c2cc3ccccc3cc21. The summed E-state index contributed by atoms with van der Waals surface area (Å²) in [6, 6.07) is 20.3. The van der Waals surface area contributed by atoms with Gasteiger partial charge in [-0.2, -0.15) is 0 Å². The molecule has 0 spiro atoms. The summed E-state index contributed by atoms with van der Waals surface area (Å²) in [5.41, 5.74) is 3.66. The van der Waals surface area contributed by atoms with Crippen molar-refractivity contribution in [2.75, 3.05) is 0 Å². The first-order chi connectivity index (χ1) is 13.0. The Morgan fingerprint density at radius 2 is 1.26 bits per heavy atom. The lowest BCUT2D eigenvalue weighted by atomic mass is 9.71. The Kier molecular flexibility index (Phi) is 4.19. The third-order valence-corrected chi connectivity index (χ3v) is 5.67. The van der Waals surface area contributed by atoms with E-state index in [9.17, 15) is 19.8 Å². The highest BCUT2D eigenvalue weighted by atomic mass is 16.4. The van der Waals surface area contributed by atoms with Crippen molar-refractivity contribution in [2.24, 2.45) is 0 Å². The average Bonchev–Trinajstić information content (AvgIpc) is 2.93. The van der Waals surface area contributed by atoms with Crippen molar-refractivity contribution < 1.29 is 19.8 Å². The maximum absolute atomic E-state index is 11.4. The molecule has 1 aliphatic rings. The van der Waals surface area contributed by atoms with Crippen molar-refractivity contribution in [3.63, 3.8) is 0 Å². The van der Waals surface area contributed by atoms with Crippen molar-refractivity contribution in [3.8, 4) is 11.1 Å². The van der Waals surface area contributed by atoms with Gasteiger partial charge in [-0.1, -0.05) is 48.5 Å². The molecule has 136 valence electrons. The third kappa shape index (κ3) is 2.87. The van der Waals surface area contributed by atoms with Crippen LogP contribution >= 0.6 is 0 Å². The van der Waals surface area contributed by atoms with E-state index in [1.807, 2.05) is 42.5 Å². The van der Waals surface area contributed by atoms with Crippen molar-refractivity contribution in [3.05, 3.63) is 71.8 Å². The number of carbonyl (C=O) groups is 2. The van der Waals surface area contributed by atoms with Crippen LogP contribution in [0.5, 0.6) is 0 Å². The number of fused-ring (bicyclic) bond motifs is 4. The highest BCUT2D eigenvalue weighted by Crippen LogP contribution is 2.54. The summed E-state index contributed by atoms with van der Waals surface area (Å²) in [5, 5.41) is 20.8. The summed E-state index contributed by atoms with van der Waals surface area (Å²) >= 11 is 0. The zero-order valence-corrected chi connectivity index (χ0v) is 14.8. The van der Waals surface area contributed by atoms with Gasteiger partial charge in [0.05, 0.1) is 0 Å². The zero-order valence-electron chi connectivity index (χ0n) is 14.8. The molecule has 0 fully saturated rings. The Hall–Kier alpha value is -3.14. The molecule has 4 heteroatoms. The van der Waals surface area contributed by atoms with E-state index in [1.54, 1.807) is 0 Å². The molecule has 4 rings (SSSR count). The van der Waals surface area contributed by atoms with Crippen LogP contribution in [0.4, 0.5) is 0 Å². The van der Waals surface area contributed by atoms with Gasteiger partial charge in [0, 0.05) is 18.3 Å². The van der Waals surface area contributed by atoms with Crippen LogP contribution in [0.3, 0.4) is 0 Å². The fourth-order valence-corrected chi connectivity index (χ4v) is 4.44. The number of aliphatic carboxylic acids is 2. The van der Waals surface area contributed by atoms with Crippen LogP contribution in [-0.4, -0.2) is 22.2 Å². The van der Waals surface area contributed by atoms with Crippen molar-refractivity contribution >= 4 is 22.7 Å². The molecular formula is C23H20O4. The molecule has 0 atom stereocenters. The fourth-order valence-electron chi connectivity index (χ4n) is 4.44. The number of hydrogen-bond donors (Lipinski definition) is 2. The second-order valence-corrected chi connectivity index (χ2v) is 7.16. The first kappa shape index (κ1) is 17.3. The van der Waals surface area contributed by atoms with Gasteiger partial charge in [-0.25, -0.2) is 0 Å². The van der Waals surface area contributed by atoms with Crippen LogP contribution in [0.2, 0.25) is 0 Å². The van der Waals surface area contributed by atoms with Gasteiger partial charge in [0.25, 0.3) is 0 Å². The Balaban J connectivity index is 1.97. The molecule has 0 aliphatic heterocycles. The van der Waals surface area contributed by atoms with Crippen LogP contribution in [-0.2, 0) is 15.0 Å². The molecule has 4 nitrogen and oxygen atoms in total. The molecule has 0 aromatic heterocycles. The first-order valence-corrected chi connectivity index (χ1v) is 9.08. The highest BCUT2D eigenvalue weighted by Gasteiger charge is 2.43. The van der Waals surface area contributed by atoms with E-state index < -0.39 is 17.4 Å². The van der Waals surface area contributed by atoms with Crippen molar-refractivity contribution in [2.45, 2.75) is 31.1 Å². The van der Waals surface area contributed by atoms with E-state index in [2.05, 4.69) is 18.2 Å². The van der Waals surface area contributed by atoms with Gasteiger partial charge in [0.1, 0.15) is 0 Å². The van der Waals surface area contributed by atoms with Gasteiger partial charge in [-0.15, -0.1) is 0 Å². The van der Waals surface area contributed by atoms with E-state index in [0.717, 1.165) is 33.0 Å². The molecule has 0 amide bonds. The molecule has 27 heavy (non-hydrogen) atoms. The lowest BCUT2D eigenvalue weighted by molar-refractivity contribution is -0.137. The molecule has 0 unspecified atom stereocenters. The molecular weight excluding hydrogens is 340 g/mol. The van der Waals surface area contributed by atoms with Crippen LogP contribution in [0.15, 0.2) is 60.7 Å². The second kappa shape index (κ2) is 6.54. The number of carboxylic acid groups (broad SMARTS) is 2. The fraction of sp³-hybridized carbons (Fsp3) is 0.217. The van der Waals surface area contributed by atoms with Crippen molar-refractivity contribution in [1.82, 2.24) is 0 Å². The van der Waals surface area contributed by atoms with E-state index in [1.165, 1.54) is 0 Å². The molecule has 0 saturated heterocycles. The summed E-state index contributed by atoms with van der Waals surface area (Å²) in [4.78, 5) is 22.7. The predicted molar refractivity (Wildman–Crippen MR) is 104 cm³/mol. The minimum atomic E-state index is -0.864. The maximum atomic E-state index is 11.4. The lowest BCUT2D eigenvalue weighted by Gasteiger charge is -2.31. The molecule has 0 radical (unpaired) electrons. The van der Waals surface area contributed by atoms with Gasteiger partial charge < -0.3 is 10.2 Å². The molecule has 0 saturated carbocycles. The summed E-state index contributed by atoms with van der Waals surface area (Å²) in [6.07, 6.45) is 0.774. The van der Waals surface area contributed by atoms with Crippen LogP contribution in [0.25, 0.3) is 21.9 Å². The number of benzene rings is 3. The highest BCUT2D eigenvalue weighted by molar-refractivity contribution is 5.93. The smallest absolute Gasteiger partial charge is 0.303 e. The summed E-state index contributed by atoms with van der Waals surface area (Å²) in [5.74, 6) is -1.73. The van der Waals surface area contributed by atoms with E-state index in [-0.39, 0.29) is 12.8 Å². The molecule has 3 aromatic carbocycles. The lowest BCUT2D eigenvalue weighted by Crippen LogP contribution is -2.27. The Bertz CT molecular complexity index is 1030. The maximum Gasteiger partial charge on any atom is 0.303 e. The van der Waals surface area contributed by atoms with E-state index in [4.69, 9.17) is 0 Å². The van der Waals surface area contributed by atoms with Gasteiger partial charge in [0.15, 0.2) is 0 Å². The molecule has 0 heterocycles. The minimum Gasteiger partial charge on any atom is -0.481 e. The summed E-state index contributed by atoms with van der Waals surface area (Å²) in [6.45, 7) is 0. The number of rotatable bonds is 6. The largest absolute Gasteiger partial charge is 0.481 e. The monoisotopic (exact) mass is 360 g/mol. The summed E-state index contributed by atoms with van der Waals surface area (Å²) in [7, 11) is 0. The Labute approximate surface area is 157 Å². The van der Waals surface area contributed by atoms with Crippen LogP contribution in [0.1, 0.15) is 36.8 Å². The zero-order chi connectivity index (χ0) is 19.0. The number of carboxylic acids is 2. The topological polar surface area (TPSA) is 74.6 Å². The van der Waals surface area contributed by atoms with E-state index in [0.29, 0.717) is 12.8 Å². The number of hydrogen-bond acceptors (Lipinski definition) is 2. The van der Waals surface area contributed by atoms with Crippen LogP contribution in [0, 0.1) is 0 Å². The Morgan fingerprint density at radius 1 is 0.704 bits per heavy atom. The molecule has 1 aliphatic carbocycles. The van der Waals surface area contributed by atoms with Gasteiger partial charge >= 0.3 is 11.9 Å². The molecule has 2 N–H and O–H groups in total.